The maximum Gasteiger partial charge on any atom is 0.160 e. The lowest BCUT2D eigenvalue weighted by atomic mass is 9.94. The highest BCUT2D eigenvalue weighted by molar-refractivity contribution is 7.26. The van der Waals surface area contributed by atoms with Crippen LogP contribution in [0.25, 0.3) is 108 Å². The number of benzene rings is 7. The Hall–Kier alpha value is -7.30. The Labute approximate surface area is 342 Å². The summed E-state index contributed by atoms with van der Waals surface area (Å²) in [6.45, 7) is 0. The molecule has 270 valence electrons. The molecule has 0 N–H and O–H groups in total. The summed E-state index contributed by atoms with van der Waals surface area (Å²) in [7, 11) is 0. The van der Waals surface area contributed by atoms with Crippen LogP contribution < -0.4 is 0 Å². The van der Waals surface area contributed by atoms with E-state index in [1.54, 1.807) is 6.20 Å². The smallest absolute Gasteiger partial charge is 0.160 e. The van der Waals surface area contributed by atoms with E-state index >= 15 is 0 Å². The Morgan fingerprint density at radius 1 is 0.379 bits per heavy atom. The maximum absolute atomic E-state index is 9.55. The van der Waals surface area contributed by atoms with Crippen molar-refractivity contribution in [2.45, 2.75) is 0 Å². The number of hydrogen-bond acceptors (Lipinski definition) is 6. The molecule has 58 heavy (non-hydrogen) atoms. The molecule has 0 saturated carbocycles. The van der Waals surface area contributed by atoms with Gasteiger partial charge in [0.25, 0.3) is 0 Å². The van der Waals surface area contributed by atoms with Gasteiger partial charge in [-0.3, -0.25) is 4.98 Å². The summed E-state index contributed by atoms with van der Waals surface area (Å²) in [6.07, 6.45) is 3.67. The van der Waals surface area contributed by atoms with Crippen LogP contribution in [0.1, 0.15) is 5.56 Å². The Morgan fingerprint density at radius 2 is 0.879 bits per heavy atom. The van der Waals surface area contributed by atoms with Gasteiger partial charge in [0.1, 0.15) is 0 Å². The maximum atomic E-state index is 9.55. The first-order valence-corrected chi connectivity index (χ1v) is 20.7. The number of hydrogen-bond donors (Lipinski definition) is 0. The minimum atomic E-state index is 0.604. The zero-order valence-corrected chi connectivity index (χ0v) is 32.6. The Balaban J connectivity index is 1.12. The molecule has 0 spiro atoms. The third-order valence-electron chi connectivity index (χ3n) is 10.8. The molecular formula is C52H30N4S2. The molecule has 11 aromatic rings. The van der Waals surface area contributed by atoms with Crippen molar-refractivity contribution >= 4 is 63.0 Å². The minimum Gasteiger partial charge on any atom is -0.264 e. The van der Waals surface area contributed by atoms with Crippen LogP contribution in [-0.4, -0.2) is 15.0 Å². The zero-order chi connectivity index (χ0) is 38.6. The summed E-state index contributed by atoms with van der Waals surface area (Å²) in [5.74, 6) is 0.625. The minimum absolute atomic E-state index is 0.604. The van der Waals surface area contributed by atoms with Crippen LogP contribution in [0.3, 0.4) is 0 Å². The van der Waals surface area contributed by atoms with E-state index in [0.717, 1.165) is 61.5 Å². The fourth-order valence-electron chi connectivity index (χ4n) is 7.86. The summed E-state index contributed by atoms with van der Waals surface area (Å²) in [5.41, 5.74) is 11.6. The second-order valence-electron chi connectivity index (χ2n) is 14.4. The van der Waals surface area contributed by atoms with E-state index in [2.05, 4.69) is 145 Å². The Morgan fingerprint density at radius 3 is 1.43 bits per heavy atom. The summed E-state index contributed by atoms with van der Waals surface area (Å²) in [5, 5.41) is 14.6. The van der Waals surface area contributed by atoms with Crippen molar-refractivity contribution in [3.05, 3.63) is 188 Å². The molecule has 0 saturated heterocycles. The predicted octanol–water partition coefficient (Wildman–Crippen LogP) is 14.5. The van der Waals surface area contributed by atoms with E-state index in [1.165, 1.54) is 40.3 Å². The number of fused-ring (bicyclic) bond motifs is 6. The molecule has 4 aromatic heterocycles. The van der Waals surface area contributed by atoms with Crippen LogP contribution in [0.15, 0.2) is 182 Å². The Bertz CT molecular complexity index is 3260. The normalized spacial score (nSPS) is 11.4. The third kappa shape index (κ3) is 6.11. The zero-order valence-electron chi connectivity index (χ0n) is 30.9. The van der Waals surface area contributed by atoms with Gasteiger partial charge in [-0.05, 0) is 112 Å². The van der Waals surface area contributed by atoms with Crippen molar-refractivity contribution in [1.29, 1.82) is 5.26 Å². The fourth-order valence-corrected chi connectivity index (χ4v) is 10.0. The van der Waals surface area contributed by atoms with Crippen molar-refractivity contribution < 1.29 is 0 Å². The predicted molar refractivity (Wildman–Crippen MR) is 243 cm³/mol. The molecule has 0 aliphatic heterocycles. The molecule has 11 rings (SSSR count). The standard InChI is InChI=1S/C52H30N4S2/c53-30-32-11-13-34(14-12-32)46-29-47(35-17-15-33(16-18-35)38-6-5-23-54-31-38)56-52(55-46)41-25-39(36-19-21-50-44(27-36)42-7-1-3-9-48(42)57-50)24-40(26-41)37-20-22-51-45(28-37)43-8-2-4-10-49(43)58-51/h1-29,31H. The largest absolute Gasteiger partial charge is 0.264 e. The highest BCUT2D eigenvalue weighted by Crippen LogP contribution is 2.41. The molecule has 4 nitrogen and oxygen atoms in total. The fraction of sp³-hybridized carbons (Fsp3) is 0. The van der Waals surface area contributed by atoms with Crippen LogP contribution in [0.5, 0.6) is 0 Å². The molecule has 0 aliphatic rings. The molecule has 0 bridgehead atoms. The van der Waals surface area contributed by atoms with Crippen molar-refractivity contribution in [3.8, 4) is 73.4 Å². The van der Waals surface area contributed by atoms with Crippen LogP contribution in [0, 0.1) is 11.3 Å². The van der Waals surface area contributed by atoms with Crippen LogP contribution in [0.4, 0.5) is 0 Å². The topological polar surface area (TPSA) is 62.5 Å². The van der Waals surface area contributed by atoms with Gasteiger partial charge in [-0.15, -0.1) is 22.7 Å². The van der Waals surface area contributed by atoms with Gasteiger partial charge < -0.3 is 0 Å². The van der Waals surface area contributed by atoms with Crippen molar-refractivity contribution in [3.63, 3.8) is 0 Å². The van der Waals surface area contributed by atoms with Crippen molar-refractivity contribution in [2.24, 2.45) is 0 Å². The summed E-state index contributed by atoms with van der Waals surface area (Å²) < 4.78 is 5.12. The number of thiophene rings is 2. The average molecular weight is 775 g/mol. The molecule has 0 amide bonds. The number of nitriles is 1. The van der Waals surface area contributed by atoms with Gasteiger partial charge in [0.2, 0.25) is 0 Å². The summed E-state index contributed by atoms with van der Waals surface area (Å²) in [4.78, 5) is 14.9. The monoisotopic (exact) mass is 774 g/mol. The van der Waals surface area contributed by atoms with Crippen molar-refractivity contribution in [2.75, 3.05) is 0 Å². The Kier molecular flexibility index (Phi) is 8.21. The van der Waals surface area contributed by atoms with Crippen LogP contribution in [0.2, 0.25) is 0 Å². The summed E-state index contributed by atoms with van der Waals surface area (Å²) >= 11 is 3.66. The molecular weight excluding hydrogens is 745 g/mol. The van der Waals surface area contributed by atoms with Crippen molar-refractivity contribution in [1.82, 2.24) is 15.0 Å². The molecule has 0 atom stereocenters. The summed E-state index contributed by atoms with van der Waals surface area (Å²) in [6, 6.07) is 62.0. The molecule has 0 fully saturated rings. The van der Waals surface area contributed by atoms with E-state index in [1.807, 2.05) is 65.3 Å². The van der Waals surface area contributed by atoms with E-state index in [-0.39, 0.29) is 0 Å². The molecule has 0 radical (unpaired) electrons. The van der Waals surface area contributed by atoms with E-state index in [4.69, 9.17) is 9.97 Å². The second-order valence-corrected chi connectivity index (χ2v) is 16.6. The molecule has 6 heteroatoms. The van der Waals surface area contributed by atoms with Gasteiger partial charge in [0.05, 0.1) is 23.0 Å². The number of rotatable bonds is 6. The second kappa shape index (κ2) is 14.0. The lowest BCUT2D eigenvalue weighted by Gasteiger charge is -2.14. The highest BCUT2D eigenvalue weighted by atomic mass is 32.1. The van der Waals surface area contributed by atoms with E-state index in [9.17, 15) is 5.26 Å². The highest BCUT2D eigenvalue weighted by Gasteiger charge is 2.16. The van der Waals surface area contributed by atoms with Crippen LogP contribution in [-0.2, 0) is 0 Å². The van der Waals surface area contributed by atoms with Gasteiger partial charge in [-0.25, -0.2) is 9.97 Å². The third-order valence-corrected chi connectivity index (χ3v) is 13.1. The van der Waals surface area contributed by atoms with Gasteiger partial charge >= 0.3 is 0 Å². The van der Waals surface area contributed by atoms with E-state index < -0.39 is 0 Å². The van der Waals surface area contributed by atoms with Crippen LogP contribution >= 0.6 is 22.7 Å². The number of pyridine rings is 1. The van der Waals surface area contributed by atoms with Gasteiger partial charge in [-0.2, -0.15) is 5.26 Å². The average Bonchev–Trinajstić information content (AvgIpc) is 3.87. The van der Waals surface area contributed by atoms with Gasteiger partial charge in [0.15, 0.2) is 5.82 Å². The first kappa shape index (κ1) is 34.0. The molecule has 0 aliphatic carbocycles. The van der Waals surface area contributed by atoms with E-state index in [0.29, 0.717) is 11.4 Å². The van der Waals surface area contributed by atoms with Gasteiger partial charge in [-0.1, -0.05) is 91.0 Å². The number of nitrogens with zero attached hydrogens (tertiary/aromatic N) is 4. The first-order valence-electron chi connectivity index (χ1n) is 19.0. The molecule has 0 unspecified atom stereocenters. The molecule has 7 aromatic carbocycles. The SMILES string of the molecule is N#Cc1ccc(-c2cc(-c3ccc(-c4cccnc4)cc3)nc(-c3cc(-c4ccc5sc6ccccc6c5c4)cc(-c4ccc5sc6ccccc6c5c4)c3)n2)cc1. The lowest BCUT2D eigenvalue weighted by molar-refractivity contribution is 1.18. The number of aromatic nitrogens is 3. The van der Waals surface area contributed by atoms with Gasteiger partial charge in [0, 0.05) is 69.4 Å². The first-order chi connectivity index (χ1) is 28.6. The lowest BCUT2D eigenvalue weighted by Crippen LogP contribution is -1.97. The molecule has 4 heterocycles. The quantitative estimate of drug-likeness (QED) is 0.169.